The summed E-state index contributed by atoms with van der Waals surface area (Å²) in [6, 6.07) is 7.72. The van der Waals surface area contributed by atoms with Gasteiger partial charge in [0.25, 0.3) is 0 Å². The number of nitrogens with one attached hydrogen (secondary N) is 2. The third-order valence-corrected chi connectivity index (χ3v) is 6.30. The molecule has 0 saturated carbocycles. The molecule has 0 radical (unpaired) electrons. The van der Waals surface area contributed by atoms with Gasteiger partial charge in [0.1, 0.15) is 5.82 Å². The zero-order valence-corrected chi connectivity index (χ0v) is 18.7. The summed E-state index contributed by atoms with van der Waals surface area (Å²) in [4.78, 5) is 33.2. The average Bonchev–Trinajstić information content (AvgIpc) is 3.47. The van der Waals surface area contributed by atoms with Crippen LogP contribution in [0.25, 0.3) is 11.3 Å². The number of ether oxygens (including phenoxy) is 2. The number of carbonyl (C=O) groups is 2. The lowest BCUT2D eigenvalue weighted by molar-refractivity contribution is -0.142. The molecule has 2 bridgehead atoms. The lowest BCUT2D eigenvalue weighted by Crippen LogP contribution is -2.54. The number of fused-ring (bicyclic) bond motifs is 2. The molecule has 4 atom stereocenters. The molecule has 1 aromatic carbocycles. The first-order valence-corrected chi connectivity index (χ1v) is 10.8. The molecule has 2 fully saturated rings. The first kappa shape index (κ1) is 20.9. The van der Waals surface area contributed by atoms with E-state index in [0.29, 0.717) is 0 Å². The van der Waals surface area contributed by atoms with Crippen LogP contribution in [0.5, 0.6) is 0 Å². The van der Waals surface area contributed by atoms with Gasteiger partial charge in [-0.1, -0.05) is 28.1 Å². The van der Waals surface area contributed by atoms with E-state index >= 15 is 0 Å². The third kappa shape index (κ3) is 3.83. The Labute approximate surface area is 183 Å². The monoisotopic (exact) mass is 476 g/mol. The number of hydrazine groups is 1. The van der Waals surface area contributed by atoms with Gasteiger partial charge < -0.3 is 14.5 Å². The molecular formula is C21H25BrN4O4. The maximum Gasteiger partial charge on any atom is 0.425 e. The Morgan fingerprint density at radius 3 is 2.63 bits per heavy atom. The van der Waals surface area contributed by atoms with Crippen molar-refractivity contribution in [2.45, 2.75) is 50.9 Å². The highest BCUT2D eigenvalue weighted by Crippen LogP contribution is 2.49. The molecule has 0 aliphatic carbocycles. The zero-order valence-electron chi connectivity index (χ0n) is 17.1. The molecule has 8 nitrogen and oxygen atoms in total. The van der Waals surface area contributed by atoms with Crippen molar-refractivity contribution in [2.75, 3.05) is 7.11 Å². The Kier molecular flexibility index (Phi) is 5.84. The topological polar surface area (TPSA) is 96.6 Å². The predicted octanol–water partition coefficient (Wildman–Crippen LogP) is 3.61. The van der Waals surface area contributed by atoms with Gasteiger partial charge in [-0.2, -0.15) is 0 Å². The number of hydrogen-bond acceptors (Lipinski definition) is 5. The first-order chi connectivity index (χ1) is 14.4. The van der Waals surface area contributed by atoms with Crippen LogP contribution in [0.3, 0.4) is 0 Å². The van der Waals surface area contributed by atoms with Crippen LogP contribution in [-0.4, -0.2) is 52.3 Å². The summed E-state index contributed by atoms with van der Waals surface area (Å²) >= 11 is 3.45. The van der Waals surface area contributed by atoms with Gasteiger partial charge in [-0.05, 0) is 44.4 Å². The van der Waals surface area contributed by atoms with Crippen molar-refractivity contribution >= 4 is 27.9 Å². The zero-order chi connectivity index (χ0) is 21.4. The van der Waals surface area contributed by atoms with Gasteiger partial charge in [-0.25, -0.2) is 20.2 Å². The Hall–Kier alpha value is -2.39. The van der Waals surface area contributed by atoms with Crippen LogP contribution in [0.15, 0.2) is 34.9 Å². The number of nitrogens with zero attached hydrogens (tertiary/aromatic N) is 2. The lowest BCUT2D eigenvalue weighted by Gasteiger charge is -2.33. The normalized spacial score (nSPS) is 24.8. The minimum absolute atomic E-state index is 0.0694. The van der Waals surface area contributed by atoms with Crippen LogP contribution < -0.4 is 5.43 Å². The minimum atomic E-state index is -0.673. The molecule has 0 spiro atoms. The molecule has 2 amide bonds. The molecule has 3 heterocycles. The van der Waals surface area contributed by atoms with Gasteiger partial charge in [-0.15, -0.1) is 0 Å². The summed E-state index contributed by atoms with van der Waals surface area (Å²) in [6.45, 7) is 3.69. The molecule has 2 unspecified atom stereocenters. The maximum atomic E-state index is 13.5. The van der Waals surface area contributed by atoms with Crippen molar-refractivity contribution in [3.8, 4) is 11.3 Å². The number of imidazole rings is 1. The smallest absolute Gasteiger partial charge is 0.425 e. The van der Waals surface area contributed by atoms with Crippen molar-refractivity contribution in [1.29, 1.82) is 0 Å². The number of methoxy groups -OCH3 is 1. The predicted molar refractivity (Wildman–Crippen MR) is 113 cm³/mol. The van der Waals surface area contributed by atoms with Crippen molar-refractivity contribution < 1.29 is 19.1 Å². The molecule has 4 rings (SSSR count). The molecular weight excluding hydrogens is 452 g/mol. The van der Waals surface area contributed by atoms with E-state index in [1.54, 1.807) is 6.20 Å². The highest BCUT2D eigenvalue weighted by Gasteiger charge is 2.55. The van der Waals surface area contributed by atoms with Crippen LogP contribution in [0, 0.1) is 5.92 Å². The van der Waals surface area contributed by atoms with E-state index in [4.69, 9.17) is 4.74 Å². The van der Waals surface area contributed by atoms with E-state index in [1.165, 1.54) is 12.1 Å². The van der Waals surface area contributed by atoms with E-state index in [2.05, 4.69) is 36.1 Å². The highest BCUT2D eigenvalue weighted by atomic mass is 79.9. The van der Waals surface area contributed by atoms with E-state index in [9.17, 15) is 9.59 Å². The van der Waals surface area contributed by atoms with Gasteiger partial charge >= 0.3 is 6.09 Å². The Morgan fingerprint density at radius 2 is 1.97 bits per heavy atom. The fraction of sp³-hybridized carbons (Fsp3) is 0.476. The van der Waals surface area contributed by atoms with Gasteiger partial charge in [-0.3, -0.25) is 4.79 Å². The maximum absolute atomic E-state index is 13.5. The number of hydrogen-bond donors (Lipinski definition) is 2. The number of H-pyrrole nitrogens is 1. The average molecular weight is 477 g/mol. The second kappa shape index (κ2) is 8.39. The van der Waals surface area contributed by atoms with Crippen molar-refractivity contribution in [3.63, 3.8) is 0 Å². The molecule has 1 aromatic heterocycles. The van der Waals surface area contributed by atoms with Gasteiger partial charge in [0.2, 0.25) is 5.91 Å². The summed E-state index contributed by atoms with van der Waals surface area (Å²) in [6.07, 6.45) is 2.57. The van der Waals surface area contributed by atoms with E-state index in [1.807, 2.05) is 38.1 Å². The van der Waals surface area contributed by atoms with Gasteiger partial charge in [0.15, 0.2) is 0 Å². The van der Waals surface area contributed by atoms with Crippen molar-refractivity contribution in [1.82, 2.24) is 20.4 Å². The number of carbonyl (C=O) groups excluding carboxylic acids is 2. The van der Waals surface area contributed by atoms with E-state index in [0.717, 1.165) is 34.4 Å². The fourth-order valence-corrected chi connectivity index (χ4v) is 4.63. The quantitative estimate of drug-likeness (QED) is 0.656. The molecule has 2 N–H and O–H groups in total. The van der Waals surface area contributed by atoms with Crippen LogP contribution in [-0.2, 0) is 14.3 Å². The number of rotatable bonds is 4. The Morgan fingerprint density at radius 1 is 1.27 bits per heavy atom. The molecule has 160 valence electrons. The molecule has 9 heteroatoms. The van der Waals surface area contributed by atoms with Gasteiger partial charge in [0.05, 0.1) is 43.0 Å². The standard InChI is InChI=1S/C21H25BrN4O4/c1-11(2)26(25-21(28)29-3)20(27)18-16-9-8-15(30-16)17(18)19-23-10-14(24-19)12-4-6-13(22)7-5-12/h4-7,10-11,15-18H,8-9H2,1-3H3,(H,23,24)(H,25,28)/t15?,16?,17-,18+/m0/s1. The van der Waals surface area contributed by atoms with Crippen molar-refractivity contribution in [3.05, 3.63) is 40.8 Å². The summed E-state index contributed by atoms with van der Waals surface area (Å²) in [7, 11) is 1.27. The fourth-order valence-electron chi connectivity index (χ4n) is 4.36. The molecule has 2 aliphatic heterocycles. The van der Waals surface area contributed by atoms with Crippen LogP contribution in [0.4, 0.5) is 4.79 Å². The molecule has 2 saturated heterocycles. The molecule has 2 aromatic rings. The Balaban J connectivity index is 1.61. The number of aromatic nitrogens is 2. The Bertz CT molecular complexity index is 929. The van der Waals surface area contributed by atoms with Crippen molar-refractivity contribution in [2.24, 2.45) is 5.92 Å². The number of amides is 2. The van der Waals surface area contributed by atoms with Gasteiger partial charge in [0, 0.05) is 10.5 Å². The summed E-state index contributed by atoms with van der Waals surface area (Å²) in [5.74, 6) is -0.0668. The lowest BCUT2D eigenvalue weighted by atomic mass is 9.78. The number of aromatic amines is 1. The third-order valence-electron chi connectivity index (χ3n) is 5.78. The number of halogens is 1. The largest absolute Gasteiger partial charge is 0.452 e. The minimum Gasteiger partial charge on any atom is -0.452 e. The van der Waals surface area contributed by atoms with Crippen LogP contribution in [0.2, 0.25) is 0 Å². The van der Waals surface area contributed by atoms with Crippen LogP contribution >= 0.6 is 15.9 Å². The molecule has 30 heavy (non-hydrogen) atoms. The SMILES string of the molecule is COC(=O)NN(C(=O)[C@@H]1C2CCC(O2)[C@@H]1c1ncc(-c2ccc(Br)cc2)[nH]1)C(C)C. The van der Waals surface area contributed by atoms with E-state index in [-0.39, 0.29) is 30.1 Å². The number of benzene rings is 1. The molecule has 2 aliphatic rings. The second-order valence-corrected chi connectivity index (χ2v) is 8.85. The highest BCUT2D eigenvalue weighted by molar-refractivity contribution is 9.10. The summed E-state index contributed by atoms with van der Waals surface area (Å²) in [5, 5.41) is 1.34. The first-order valence-electron chi connectivity index (χ1n) is 10.0. The summed E-state index contributed by atoms with van der Waals surface area (Å²) < 4.78 is 11.8. The van der Waals surface area contributed by atoms with Crippen LogP contribution in [0.1, 0.15) is 38.4 Å². The second-order valence-electron chi connectivity index (χ2n) is 7.94. The summed E-state index contributed by atoms with van der Waals surface area (Å²) in [5.41, 5.74) is 4.45. The van der Waals surface area contributed by atoms with E-state index < -0.39 is 12.0 Å².